The summed E-state index contributed by atoms with van der Waals surface area (Å²) < 4.78 is 0. The fourth-order valence-corrected chi connectivity index (χ4v) is 2.33. The van der Waals surface area contributed by atoms with E-state index >= 15 is 0 Å². The highest BCUT2D eigenvalue weighted by Crippen LogP contribution is 2.14. The van der Waals surface area contributed by atoms with E-state index in [1.165, 1.54) is 11.3 Å². The van der Waals surface area contributed by atoms with Gasteiger partial charge in [-0.15, -0.1) is 11.3 Å². The molecule has 0 radical (unpaired) electrons. The van der Waals surface area contributed by atoms with Crippen molar-refractivity contribution in [2.45, 2.75) is 32.7 Å². The molecule has 7 heteroatoms. The van der Waals surface area contributed by atoms with Crippen LogP contribution in [-0.4, -0.2) is 35.5 Å². The molecular weight excluding hydrogens is 280 g/mol. The molecule has 1 rings (SSSR count). The molecule has 1 aromatic heterocycles. The minimum Gasteiger partial charge on any atom is -0.481 e. The van der Waals surface area contributed by atoms with Gasteiger partial charge >= 0.3 is 5.97 Å². The van der Waals surface area contributed by atoms with Crippen molar-refractivity contribution < 1.29 is 19.5 Å². The van der Waals surface area contributed by atoms with Gasteiger partial charge in [0.25, 0.3) is 5.91 Å². The van der Waals surface area contributed by atoms with Gasteiger partial charge in [0.2, 0.25) is 5.91 Å². The third kappa shape index (κ3) is 5.83. The molecule has 0 aromatic carbocycles. The summed E-state index contributed by atoms with van der Waals surface area (Å²) in [7, 11) is 0. The van der Waals surface area contributed by atoms with E-state index in [0.717, 1.165) is 4.88 Å². The topological polar surface area (TPSA) is 95.5 Å². The second-order valence-electron chi connectivity index (χ2n) is 4.49. The van der Waals surface area contributed by atoms with Gasteiger partial charge in [-0.25, -0.2) is 0 Å². The van der Waals surface area contributed by atoms with Gasteiger partial charge in [-0.3, -0.25) is 14.4 Å². The van der Waals surface area contributed by atoms with Crippen molar-refractivity contribution in [3.63, 3.8) is 0 Å². The fraction of sp³-hybridized carbons (Fsp3) is 0.462. The quantitative estimate of drug-likeness (QED) is 0.704. The van der Waals surface area contributed by atoms with Crippen LogP contribution in [0, 0.1) is 6.92 Å². The Hall–Kier alpha value is -1.89. The Labute approximate surface area is 121 Å². The van der Waals surface area contributed by atoms with Gasteiger partial charge in [-0.2, -0.15) is 0 Å². The number of aliphatic carboxylic acids is 1. The number of carbonyl (C=O) groups is 3. The van der Waals surface area contributed by atoms with E-state index < -0.39 is 5.97 Å². The predicted octanol–water partition coefficient (Wildman–Crippen LogP) is 1.16. The molecule has 1 heterocycles. The largest absolute Gasteiger partial charge is 0.481 e. The second kappa shape index (κ2) is 7.64. The maximum Gasteiger partial charge on any atom is 0.303 e. The van der Waals surface area contributed by atoms with Crippen molar-refractivity contribution in [3.05, 3.63) is 21.9 Å². The number of hydrogen-bond donors (Lipinski definition) is 3. The van der Waals surface area contributed by atoms with Gasteiger partial charge in [0.15, 0.2) is 0 Å². The highest BCUT2D eigenvalue weighted by molar-refractivity contribution is 7.13. The smallest absolute Gasteiger partial charge is 0.303 e. The van der Waals surface area contributed by atoms with Gasteiger partial charge in [0.05, 0.1) is 11.4 Å². The van der Waals surface area contributed by atoms with Gasteiger partial charge in [0.1, 0.15) is 0 Å². The van der Waals surface area contributed by atoms with Crippen molar-refractivity contribution in [1.82, 2.24) is 10.6 Å². The average Bonchev–Trinajstić information content (AvgIpc) is 2.80. The average molecular weight is 298 g/mol. The molecular formula is C13H18N2O4S. The van der Waals surface area contributed by atoms with Crippen LogP contribution in [0.25, 0.3) is 0 Å². The summed E-state index contributed by atoms with van der Waals surface area (Å²) in [4.78, 5) is 35.3. The summed E-state index contributed by atoms with van der Waals surface area (Å²) >= 11 is 1.36. The van der Waals surface area contributed by atoms with Crippen molar-refractivity contribution in [1.29, 1.82) is 0 Å². The number of thiophene rings is 1. The summed E-state index contributed by atoms with van der Waals surface area (Å²) in [5, 5.41) is 13.7. The third-order valence-corrected chi connectivity index (χ3v) is 3.57. The normalized spacial score (nSPS) is 11.7. The number of carbonyl (C=O) groups excluding carboxylic acids is 2. The predicted molar refractivity (Wildman–Crippen MR) is 75.9 cm³/mol. The Morgan fingerprint density at radius 2 is 2.05 bits per heavy atom. The first-order chi connectivity index (χ1) is 9.38. The van der Waals surface area contributed by atoms with Crippen LogP contribution in [0.15, 0.2) is 12.1 Å². The van der Waals surface area contributed by atoms with Gasteiger partial charge < -0.3 is 15.7 Å². The zero-order valence-corrected chi connectivity index (χ0v) is 12.3. The zero-order chi connectivity index (χ0) is 15.1. The molecule has 0 saturated heterocycles. The molecule has 20 heavy (non-hydrogen) atoms. The first kappa shape index (κ1) is 16.2. The molecule has 1 atom stereocenters. The lowest BCUT2D eigenvalue weighted by molar-refractivity contribution is -0.137. The van der Waals surface area contributed by atoms with E-state index in [9.17, 15) is 14.4 Å². The maximum atomic E-state index is 11.7. The van der Waals surface area contributed by atoms with Crippen molar-refractivity contribution in [2.24, 2.45) is 0 Å². The van der Waals surface area contributed by atoms with E-state index in [1.54, 1.807) is 13.0 Å². The minimum absolute atomic E-state index is 0.00226. The van der Waals surface area contributed by atoms with Crippen LogP contribution < -0.4 is 10.6 Å². The summed E-state index contributed by atoms with van der Waals surface area (Å²) in [5.74, 6) is -1.51. The Balaban J connectivity index is 2.29. The van der Waals surface area contributed by atoms with Gasteiger partial charge in [-0.05, 0) is 32.4 Å². The third-order valence-electron chi connectivity index (χ3n) is 2.57. The van der Waals surface area contributed by atoms with Crippen molar-refractivity contribution in [3.8, 4) is 0 Å². The number of nitrogens with one attached hydrogen (secondary N) is 2. The van der Waals surface area contributed by atoms with Crippen LogP contribution in [0.4, 0.5) is 0 Å². The van der Waals surface area contributed by atoms with E-state index in [0.29, 0.717) is 11.3 Å². The summed E-state index contributed by atoms with van der Waals surface area (Å²) in [6.45, 7) is 3.51. The Morgan fingerprint density at radius 3 is 2.60 bits per heavy atom. The number of amides is 2. The molecule has 2 amide bonds. The molecule has 0 bridgehead atoms. The first-order valence-electron chi connectivity index (χ1n) is 6.24. The molecule has 1 aromatic rings. The molecule has 110 valence electrons. The number of carboxylic acid groups (broad SMARTS) is 1. The molecule has 0 spiro atoms. The molecule has 0 fully saturated rings. The molecule has 0 aliphatic carbocycles. The molecule has 1 unspecified atom stereocenters. The van der Waals surface area contributed by atoms with Crippen LogP contribution in [-0.2, 0) is 9.59 Å². The lowest BCUT2D eigenvalue weighted by atomic mass is 10.2. The highest BCUT2D eigenvalue weighted by Gasteiger charge is 2.12. The summed E-state index contributed by atoms with van der Waals surface area (Å²) in [6, 6.07) is 3.32. The Kier molecular flexibility index (Phi) is 6.17. The zero-order valence-electron chi connectivity index (χ0n) is 11.4. The van der Waals surface area contributed by atoms with E-state index in [-0.39, 0.29) is 30.8 Å². The number of hydrogen-bond acceptors (Lipinski definition) is 4. The minimum atomic E-state index is -0.896. The second-order valence-corrected chi connectivity index (χ2v) is 5.78. The van der Waals surface area contributed by atoms with Crippen LogP contribution in [0.5, 0.6) is 0 Å². The molecule has 6 nitrogen and oxygen atoms in total. The van der Waals surface area contributed by atoms with Crippen molar-refractivity contribution >= 4 is 29.1 Å². The van der Waals surface area contributed by atoms with Crippen LogP contribution in [0.3, 0.4) is 0 Å². The lowest BCUT2D eigenvalue weighted by Gasteiger charge is -2.12. The number of rotatable bonds is 7. The van der Waals surface area contributed by atoms with E-state index in [1.807, 2.05) is 13.0 Å². The highest BCUT2D eigenvalue weighted by atomic mass is 32.1. The number of aryl methyl sites for hydroxylation is 1. The lowest BCUT2D eigenvalue weighted by Crippen LogP contribution is -2.40. The van der Waals surface area contributed by atoms with E-state index in [4.69, 9.17) is 5.11 Å². The number of carboxylic acids is 1. The van der Waals surface area contributed by atoms with Crippen LogP contribution in [0.1, 0.15) is 34.3 Å². The molecule has 3 N–H and O–H groups in total. The van der Waals surface area contributed by atoms with Crippen LogP contribution >= 0.6 is 11.3 Å². The SMILES string of the molecule is Cc1ccc(C(=O)NCC(=O)NC(C)CCC(=O)O)s1. The van der Waals surface area contributed by atoms with Gasteiger partial charge in [0, 0.05) is 17.3 Å². The fourth-order valence-electron chi connectivity index (χ4n) is 1.54. The maximum absolute atomic E-state index is 11.7. The monoisotopic (exact) mass is 298 g/mol. The van der Waals surface area contributed by atoms with Gasteiger partial charge in [-0.1, -0.05) is 0 Å². The molecule has 0 aliphatic rings. The summed E-state index contributed by atoms with van der Waals surface area (Å²) in [5.41, 5.74) is 0. The first-order valence-corrected chi connectivity index (χ1v) is 7.06. The summed E-state index contributed by atoms with van der Waals surface area (Å²) in [6.07, 6.45) is 0.363. The molecule has 0 aliphatic heterocycles. The Bertz CT molecular complexity index is 498. The standard InChI is InChI=1S/C13H18N2O4S/c1-8(3-6-12(17)18)15-11(16)7-14-13(19)10-5-4-9(2)20-10/h4-5,8H,3,6-7H2,1-2H3,(H,14,19)(H,15,16)(H,17,18). The Morgan fingerprint density at radius 1 is 1.35 bits per heavy atom. The van der Waals surface area contributed by atoms with E-state index in [2.05, 4.69) is 10.6 Å². The molecule has 0 saturated carbocycles. The van der Waals surface area contributed by atoms with Crippen LogP contribution in [0.2, 0.25) is 0 Å². The van der Waals surface area contributed by atoms with Crippen molar-refractivity contribution in [2.75, 3.05) is 6.54 Å².